The van der Waals surface area contributed by atoms with Crippen LogP contribution in [-0.2, 0) is 19.4 Å². The third kappa shape index (κ3) is 5.35. The molecule has 0 aliphatic carbocycles. The molecule has 1 heterocycles. The first-order chi connectivity index (χ1) is 6.00. The zero-order valence-electron chi connectivity index (χ0n) is 6.46. The Hall–Kier alpha value is -0.320. The summed E-state index contributed by atoms with van der Waals surface area (Å²) in [6, 6.07) is 0. The fourth-order valence-electron chi connectivity index (χ4n) is 0.531. The molecule has 1 saturated heterocycles. The summed E-state index contributed by atoms with van der Waals surface area (Å²) in [7, 11) is 0. The molecule has 12 heavy (non-hydrogen) atoms. The number of hydrogen-bond acceptors (Lipinski definition) is 8. The van der Waals surface area contributed by atoms with Gasteiger partial charge in [0.25, 0.3) is 0 Å². The first kappa shape index (κ1) is 9.77. The minimum atomic E-state index is 0.420. The molecule has 0 spiro atoms. The second kappa shape index (κ2) is 7.34. The highest BCUT2D eigenvalue weighted by Crippen LogP contribution is 1.76. The molecule has 0 bridgehead atoms. The highest BCUT2D eigenvalue weighted by atomic mass is 16.9. The summed E-state index contributed by atoms with van der Waals surface area (Å²) < 4.78 is 5.08. The van der Waals surface area contributed by atoms with E-state index in [9.17, 15) is 0 Å². The number of rotatable bonds is 0. The van der Waals surface area contributed by atoms with E-state index >= 15 is 0 Å². The maximum atomic E-state index is 5.08. The van der Waals surface area contributed by atoms with Crippen molar-refractivity contribution in [1.82, 2.24) is 22.4 Å². The van der Waals surface area contributed by atoms with E-state index in [0.29, 0.717) is 26.4 Å². The van der Waals surface area contributed by atoms with Crippen LogP contribution in [0.15, 0.2) is 0 Å². The van der Waals surface area contributed by atoms with Gasteiger partial charge in [0.15, 0.2) is 0 Å². The molecule has 0 unspecified atom stereocenters. The number of nitrogens with one attached hydrogen (secondary N) is 4. The van der Waals surface area contributed by atoms with Gasteiger partial charge in [-0.3, -0.25) is 9.68 Å². The molecule has 1 aliphatic heterocycles. The normalized spacial score (nSPS) is 24.0. The molecule has 0 amide bonds. The van der Waals surface area contributed by atoms with Crippen molar-refractivity contribution in [2.75, 3.05) is 26.4 Å². The molecule has 1 aliphatic rings. The molecular weight excluding hydrogens is 168 g/mol. The molecule has 8 heteroatoms. The molecule has 4 N–H and O–H groups in total. The lowest BCUT2D eigenvalue weighted by Gasteiger charge is -2.11. The Morgan fingerprint density at radius 2 is 1.25 bits per heavy atom. The first-order valence-electron chi connectivity index (χ1n) is 3.47. The van der Waals surface area contributed by atoms with E-state index in [-0.39, 0.29) is 0 Å². The van der Waals surface area contributed by atoms with E-state index in [2.05, 4.69) is 27.3 Å². The van der Waals surface area contributed by atoms with E-state index in [1.807, 2.05) is 0 Å². The minimum Gasteiger partial charge on any atom is -0.377 e. The Bertz CT molecular complexity index is 62.0. The lowest BCUT2D eigenvalue weighted by atomic mass is 10.7. The molecule has 0 radical (unpaired) electrons. The van der Waals surface area contributed by atoms with Crippen molar-refractivity contribution >= 4 is 0 Å². The molecule has 0 aromatic heterocycles. The number of hydrazine groups is 2. The molecule has 72 valence electrons. The standard InChI is InChI=1S/C4H12N4O4/c1-3-10-5-7-12-8-6-11-4-2-9-1/h5-8H,1-4H2. The highest BCUT2D eigenvalue weighted by Gasteiger charge is 1.92. The lowest BCUT2D eigenvalue weighted by molar-refractivity contribution is -0.206. The molecule has 1 rings (SSSR count). The van der Waals surface area contributed by atoms with E-state index in [1.165, 1.54) is 0 Å². The van der Waals surface area contributed by atoms with Gasteiger partial charge in [-0.25, -0.2) is 0 Å². The largest absolute Gasteiger partial charge is 0.377 e. The zero-order valence-corrected chi connectivity index (χ0v) is 6.46. The van der Waals surface area contributed by atoms with Crippen LogP contribution in [0.3, 0.4) is 0 Å². The van der Waals surface area contributed by atoms with Gasteiger partial charge in [-0.1, -0.05) is 11.2 Å². The molecule has 1 fully saturated rings. The van der Waals surface area contributed by atoms with Gasteiger partial charge in [0, 0.05) is 0 Å². The van der Waals surface area contributed by atoms with Gasteiger partial charge in [0.2, 0.25) is 0 Å². The van der Waals surface area contributed by atoms with Crippen LogP contribution >= 0.6 is 0 Å². The third-order valence-electron chi connectivity index (χ3n) is 0.989. The van der Waals surface area contributed by atoms with Crippen molar-refractivity contribution in [2.45, 2.75) is 0 Å². The van der Waals surface area contributed by atoms with Crippen LogP contribution in [0, 0.1) is 0 Å². The maximum Gasteiger partial charge on any atom is 0.0933 e. The summed E-state index contributed by atoms with van der Waals surface area (Å²) >= 11 is 0. The van der Waals surface area contributed by atoms with Crippen LogP contribution in [0.25, 0.3) is 0 Å². The van der Waals surface area contributed by atoms with Crippen molar-refractivity contribution < 1.29 is 19.4 Å². The van der Waals surface area contributed by atoms with Gasteiger partial charge in [0.05, 0.1) is 26.4 Å². The van der Waals surface area contributed by atoms with Gasteiger partial charge < -0.3 is 4.74 Å². The van der Waals surface area contributed by atoms with Crippen molar-refractivity contribution in [3.8, 4) is 0 Å². The summed E-state index contributed by atoms with van der Waals surface area (Å²) in [5.41, 5.74) is 9.03. The monoisotopic (exact) mass is 180 g/mol. The number of hydrogen-bond donors (Lipinski definition) is 4. The summed E-state index contributed by atoms with van der Waals surface area (Å²) in [5, 5.41) is 0. The second-order valence-electron chi connectivity index (χ2n) is 1.82. The molecule has 0 atom stereocenters. The second-order valence-corrected chi connectivity index (χ2v) is 1.82. The Balaban J connectivity index is 2.00. The van der Waals surface area contributed by atoms with Gasteiger partial charge >= 0.3 is 0 Å². The average Bonchev–Trinajstić information content (AvgIpc) is 2.05. The molecular formula is C4H12N4O4. The van der Waals surface area contributed by atoms with Crippen LogP contribution in [0.4, 0.5) is 0 Å². The number of ether oxygens (including phenoxy) is 1. The third-order valence-corrected chi connectivity index (χ3v) is 0.989. The Labute approximate surface area is 69.2 Å². The fraction of sp³-hybridized carbons (Fsp3) is 1.00. The highest BCUT2D eigenvalue weighted by molar-refractivity contribution is 4.28. The topological polar surface area (TPSA) is 85.0 Å². The van der Waals surface area contributed by atoms with Crippen molar-refractivity contribution in [3.05, 3.63) is 0 Å². The van der Waals surface area contributed by atoms with E-state index in [0.717, 1.165) is 0 Å². The summed E-state index contributed by atoms with van der Waals surface area (Å²) in [6.07, 6.45) is 0. The predicted molar refractivity (Wildman–Crippen MR) is 36.4 cm³/mol. The first-order valence-corrected chi connectivity index (χ1v) is 3.47. The van der Waals surface area contributed by atoms with Gasteiger partial charge in [-0.15, -0.1) is 11.2 Å². The smallest absolute Gasteiger partial charge is 0.0933 e. The van der Waals surface area contributed by atoms with Crippen LogP contribution in [0.1, 0.15) is 0 Å². The Morgan fingerprint density at radius 1 is 0.667 bits per heavy atom. The Morgan fingerprint density at radius 3 is 1.83 bits per heavy atom. The zero-order chi connectivity index (χ0) is 8.49. The molecule has 8 nitrogen and oxygen atoms in total. The molecule has 0 saturated carbocycles. The van der Waals surface area contributed by atoms with Crippen LogP contribution in [0.5, 0.6) is 0 Å². The molecule has 0 aromatic carbocycles. The quantitative estimate of drug-likeness (QED) is 0.338. The van der Waals surface area contributed by atoms with E-state index in [4.69, 9.17) is 14.4 Å². The summed E-state index contributed by atoms with van der Waals surface area (Å²) in [5.74, 6) is 0. The van der Waals surface area contributed by atoms with Crippen LogP contribution < -0.4 is 22.4 Å². The Kier molecular flexibility index (Phi) is 5.97. The van der Waals surface area contributed by atoms with Gasteiger partial charge in [-0.2, -0.15) is 4.94 Å². The van der Waals surface area contributed by atoms with Crippen molar-refractivity contribution in [1.29, 1.82) is 0 Å². The minimum absolute atomic E-state index is 0.420. The summed E-state index contributed by atoms with van der Waals surface area (Å²) in [6.45, 7) is 1.82. The molecule has 0 aromatic rings. The average molecular weight is 180 g/mol. The predicted octanol–water partition coefficient (Wildman–Crippen LogP) is -2.09. The van der Waals surface area contributed by atoms with Crippen LogP contribution in [-0.4, -0.2) is 26.4 Å². The summed E-state index contributed by atoms with van der Waals surface area (Å²) in [4.78, 5) is 14.1. The van der Waals surface area contributed by atoms with E-state index in [1.54, 1.807) is 0 Å². The van der Waals surface area contributed by atoms with Gasteiger partial charge in [-0.05, 0) is 0 Å². The SMILES string of the molecule is C1CONNONNOCCO1. The van der Waals surface area contributed by atoms with Crippen molar-refractivity contribution in [3.63, 3.8) is 0 Å². The maximum absolute atomic E-state index is 5.08. The lowest BCUT2D eigenvalue weighted by Crippen LogP contribution is -2.43. The fourth-order valence-corrected chi connectivity index (χ4v) is 0.531. The van der Waals surface area contributed by atoms with Gasteiger partial charge in [0.1, 0.15) is 0 Å². The van der Waals surface area contributed by atoms with Crippen LogP contribution in [0.2, 0.25) is 0 Å². The van der Waals surface area contributed by atoms with Crippen molar-refractivity contribution in [2.24, 2.45) is 0 Å². The van der Waals surface area contributed by atoms with E-state index < -0.39 is 0 Å².